The van der Waals surface area contributed by atoms with Gasteiger partial charge in [-0.2, -0.15) is 0 Å². The molecule has 0 radical (unpaired) electrons. The normalized spacial score (nSPS) is 34.7. The number of hydrogen-bond acceptors (Lipinski definition) is 2. The van der Waals surface area contributed by atoms with Gasteiger partial charge in [-0.05, 0) is 69.1 Å². The Morgan fingerprint density at radius 3 is 2.00 bits per heavy atom. The Balaban J connectivity index is 1.46. The van der Waals surface area contributed by atoms with E-state index in [9.17, 15) is 9.59 Å². The highest BCUT2D eigenvalue weighted by Crippen LogP contribution is 2.60. The average Bonchev–Trinajstić information content (AvgIpc) is 2.51. The standard InChI is InChI=1S/C19H32N2O2/c1-3-16(4-2)21-17(22)5-6-20-18(23)19-10-13-7-14(11-19)9-15(8-13)12-19/h13-16H,3-12H2,1-2H3,(H,20,23)(H,21,22). The van der Waals surface area contributed by atoms with Gasteiger partial charge >= 0.3 is 0 Å². The second-order valence-corrected chi connectivity index (χ2v) is 8.28. The second kappa shape index (κ2) is 6.82. The number of rotatable bonds is 7. The van der Waals surface area contributed by atoms with Crippen molar-refractivity contribution in [3.05, 3.63) is 0 Å². The van der Waals surface area contributed by atoms with Crippen molar-refractivity contribution in [2.24, 2.45) is 23.2 Å². The van der Waals surface area contributed by atoms with Crippen LogP contribution in [-0.4, -0.2) is 24.4 Å². The molecule has 0 heterocycles. The van der Waals surface area contributed by atoms with Crippen LogP contribution in [0.25, 0.3) is 0 Å². The molecule has 0 aromatic heterocycles. The van der Waals surface area contributed by atoms with Crippen molar-refractivity contribution in [3.8, 4) is 0 Å². The minimum atomic E-state index is -0.0966. The Morgan fingerprint density at radius 1 is 1.00 bits per heavy atom. The van der Waals surface area contributed by atoms with Gasteiger partial charge in [0.25, 0.3) is 0 Å². The molecular formula is C19H32N2O2. The molecule has 130 valence electrons. The first-order chi connectivity index (χ1) is 11.0. The molecule has 2 N–H and O–H groups in total. The molecule has 0 aromatic rings. The van der Waals surface area contributed by atoms with E-state index in [1.165, 1.54) is 19.3 Å². The number of amides is 2. The highest BCUT2D eigenvalue weighted by atomic mass is 16.2. The number of carbonyl (C=O) groups is 2. The van der Waals surface area contributed by atoms with Crippen LogP contribution in [0.1, 0.15) is 71.6 Å². The second-order valence-electron chi connectivity index (χ2n) is 8.28. The molecule has 0 atom stereocenters. The SMILES string of the molecule is CCC(CC)NC(=O)CCNC(=O)C12CC3CC(CC(C3)C1)C2. The molecular weight excluding hydrogens is 288 g/mol. The lowest BCUT2D eigenvalue weighted by molar-refractivity contribution is -0.146. The summed E-state index contributed by atoms with van der Waals surface area (Å²) < 4.78 is 0. The maximum atomic E-state index is 12.8. The van der Waals surface area contributed by atoms with Crippen LogP contribution in [0, 0.1) is 23.2 Å². The minimum Gasteiger partial charge on any atom is -0.355 e. The van der Waals surface area contributed by atoms with Crippen molar-refractivity contribution in [1.82, 2.24) is 10.6 Å². The van der Waals surface area contributed by atoms with Crippen LogP contribution in [0.15, 0.2) is 0 Å². The third kappa shape index (κ3) is 3.56. The first kappa shape index (κ1) is 16.8. The molecule has 0 aliphatic heterocycles. The largest absolute Gasteiger partial charge is 0.355 e. The van der Waals surface area contributed by atoms with Crippen LogP contribution in [0.2, 0.25) is 0 Å². The van der Waals surface area contributed by atoms with Crippen LogP contribution in [0.5, 0.6) is 0 Å². The lowest BCUT2D eigenvalue weighted by Gasteiger charge is -2.55. The number of nitrogens with one attached hydrogen (secondary N) is 2. The highest BCUT2D eigenvalue weighted by Gasteiger charge is 2.54. The summed E-state index contributed by atoms with van der Waals surface area (Å²) >= 11 is 0. The van der Waals surface area contributed by atoms with Crippen LogP contribution >= 0.6 is 0 Å². The van der Waals surface area contributed by atoms with Crippen molar-refractivity contribution in [2.45, 2.75) is 77.7 Å². The molecule has 0 saturated heterocycles. The zero-order valence-electron chi connectivity index (χ0n) is 14.7. The lowest BCUT2D eigenvalue weighted by Crippen LogP contribution is -2.53. The zero-order chi connectivity index (χ0) is 16.4. The Morgan fingerprint density at radius 2 is 1.52 bits per heavy atom. The summed E-state index contributed by atoms with van der Waals surface area (Å²) in [4.78, 5) is 24.7. The van der Waals surface area contributed by atoms with E-state index in [0.29, 0.717) is 13.0 Å². The van der Waals surface area contributed by atoms with Crippen molar-refractivity contribution < 1.29 is 9.59 Å². The highest BCUT2D eigenvalue weighted by molar-refractivity contribution is 5.84. The van der Waals surface area contributed by atoms with Gasteiger partial charge in [-0.15, -0.1) is 0 Å². The first-order valence-corrected chi connectivity index (χ1v) is 9.62. The van der Waals surface area contributed by atoms with E-state index in [1.807, 2.05) is 0 Å². The molecule has 4 saturated carbocycles. The fourth-order valence-corrected chi connectivity index (χ4v) is 5.66. The predicted molar refractivity (Wildman–Crippen MR) is 90.7 cm³/mol. The molecule has 4 heteroatoms. The van der Waals surface area contributed by atoms with Crippen LogP contribution in [0.3, 0.4) is 0 Å². The summed E-state index contributed by atoms with van der Waals surface area (Å²) in [5, 5.41) is 6.12. The van der Waals surface area contributed by atoms with Crippen molar-refractivity contribution in [1.29, 1.82) is 0 Å². The first-order valence-electron chi connectivity index (χ1n) is 9.62. The molecule has 4 aliphatic rings. The topological polar surface area (TPSA) is 58.2 Å². The van der Waals surface area contributed by atoms with Gasteiger partial charge in [-0.25, -0.2) is 0 Å². The Hall–Kier alpha value is -1.06. The van der Waals surface area contributed by atoms with E-state index in [0.717, 1.165) is 49.9 Å². The number of hydrogen-bond donors (Lipinski definition) is 2. The van der Waals surface area contributed by atoms with Crippen LogP contribution < -0.4 is 10.6 Å². The molecule has 2 amide bonds. The van der Waals surface area contributed by atoms with Gasteiger partial charge in [-0.3, -0.25) is 9.59 Å². The fourth-order valence-electron chi connectivity index (χ4n) is 5.66. The Labute approximate surface area is 140 Å². The molecule has 23 heavy (non-hydrogen) atoms. The van der Waals surface area contributed by atoms with Crippen molar-refractivity contribution in [2.75, 3.05) is 6.54 Å². The smallest absolute Gasteiger partial charge is 0.226 e. The Kier molecular flexibility index (Phi) is 4.98. The quantitative estimate of drug-likeness (QED) is 0.757. The summed E-state index contributed by atoms with van der Waals surface area (Å²) in [5.74, 6) is 2.64. The maximum absolute atomic E-state index is 12.8. The predicted octanol–water partition coefficient (Wildman–Crippen LogP) is 3.01. The maximum Gasteiger partial charge on any atom is 0.226 e. The van der Waals surface area contributed by atoms with E-state index >= 15 is 0 Å². The summed E-state index contributed by atoms with van der Waals surface area (Å²) in [6, 6.07) is 0.265. The zero-order valence-corrected chi connectivity index (χ0v) is 14.7. The van der Waals surface area contributed by atoms with E-state index in [4.69, 9.17) is 0 Å². The van der Waals surface area contributed by atoms with Gasteiger partial charge in [-0.1, -0.05) is 13.8 Å². The van der Waals surface area contributed by atoms with E-state index in [-0.39, 0.29) is 23.3 Å². The third-order valence-corrected chi connectivity index (χ3v) is 6.51. The number of carbonyl (C=O) groups excluding carboxylic acids is 2. The lowest BCUT2D eigenvalue weighted by atomic mass is 9.49. The van der Waals surface area contributed by atoms with Gasteiger partial charge in [0, 0.05) is 24.4 Å². The molecule has 0 unspecified atom stereocenters. The average molecular weight is 320 g/mol. The molecule has 0 spiro atoms. The van der Waals surface area contributed by atoms with Gasteiger partial charge < -0.3 is 10.6 Å². The minimum absolute atomic E-state index is 0.0597. The van der Waals surface area contributed by atoms with Crippen molar-refractivity contribution in [3.63, 3.8) is 0 Å². The molecule has 4 bridgehead atoms. The summed E-state index contributed by atoms with van der Waals surface area (Å²) in [7, 11) is 0. The monoisotopic (exact) mass is 320 g/mol. The van der Waals surface area contributed by atoms with Crippen LogP contribution in [0.4, 0.5) is 0 Å². The molecule has 0 aromatic carbocycles. The molecule has 4 nitrogen and oxygen atoms in total. The Bertz CT molecular complexity index is 421. The fraction of sp³-hybridized carbons (Fsp3) is 0.895. The van der Waals surface area contributed by atoms with Gasteiger partial charge in [0.15, 0.2) is 0 Å². The summed E-state index contributed by atoms with van der Waals surface area (Å²) in [6.07, 6.45) is 9.64. The van der Waals surface area contributed by atoms with Crippen LogP contribution in [-0.2, 0) is 9.59 Å². The molecule has 4 aliphatic carbocycles. The molecule has 4 rings (SSSR count). The van der Waals surface area contributed by atoms with E-state index in [1.54, 1.807) is 0 Å². The summed E-state index contributed by atoms with van der Waals surface area (Å²) in [5.41, 5.74) is -0.0966. The van der Waals surface area contributed by atoms with E-state index < -0.39 is 0 Å². The van der Waals surface area contributed by atoms with Crippen molar-refractivity contribution >= 4 is 11.8 Å². The van der Waals surface area contributed by atoms with Gasteiger partial charge in [0.05, 0.1) is 0 Å². The summed E-state index contributed by atoms with van der Waals surface area (Å²) in [6.45, 7) is 4.65. The van der Waals surface area contributed by atoms with Gasteiger partial charge in [0.1, 0.15) is 0 Å². The van der Waals surface area contributed by atoms with Gasteiger partial charge in [0.2, 0.25) is 11.8 Å². The van der Waals surface area contributed by atoms with E-state index in [2.05, 4.69) is 24.5 Å². The molecule has 4 fully saturated rings. The third-order valence-electron chi connectivity index (χ3n) is 6.51.